The third-order valence-electron chi connectivity index (χ3n) is 6.72. The zero-order valence-corrected chi connectivity index (χ0v) is 18.0. The average Bonchev–Trinajstić information content (AvgIpc) is 3.06. The fourth-order valence-electron chi connectivity index (χ4n) is 5.30. The lowest BCUT2D eigenvalue weighted by Crippen LogP contribution is -2.48. The molecule has 2 aromatic rings. The molecule has 0 N–H and O–H groups in total. The first-order valence-corrected chi connectivity index (χ1v) is 10.9. The molecule has 154 valence electrons. The van der Waals surface area contributed by atoms with Crippen LogP contribution < -0.4 is 0 Å². The van der Waals surface area contributed by atoms with Crippen molar-refractivity contribution in [3.05, 3.63) is 90.5 Å². The zero-order valence-electron chi connectivity index (χ0n) is 18.0. The maximum atomic E-state index is 14.1. The number of aliphatic imine (C=N–C) groups is 1. The molecule has 2 aromatic carbocycles. The van der Waals surface area contributed by atoms with Gasteiger partial charge in [-0.2, -0.15) is 0 Å². The molecule has 1 saturated heterocycles. The maximum absolute atomic E-state index is 14.1. The van der Waals surface area contributed by atoms with Crippen LogP contribution in [-0.2, 0) is 16.8 Å². The van der Waals surface area contributed by atoms with Gasteiger partial charge < -0.3 is 4.90 Å². The number of carbonyl (C=O) groups is 1. The summed E-state index contributed by atoms with van der Waals surface area (Å²) in [6.45, 7) is 9.49. The molecule has 3 heteroatoms. The second-order valence-corrected chi connectivity index (χ2v) is 8.34. The van der Waals surface area contributed by atoms with Crippen LogP contribution in [0.25, 0.3) is 0 Å². The first-order chi connectivity index (χ1) is 14.6. The molecule has 1 fully saturated rings. The van der Waals surface area contributed by atoms with Crippen molar-refractivity contribution in [2.45, 2.75) is 45.1 Å². The molecule has 0 spiro atoms. The standard InChI is InChI=1S/C27H30N2O/c1-4-16-26(6-3)24-27(17-5-2,22-14-10-11-15-23(22)28-24)18-19-29(25(26)30)20-21-12-8-7-9-13-21/h4-5,7-16H,2,6,17-20H2,1,3H3/b16-4+. The number of allylic oxidation sites excluding steroid dienone is 2. The smallest absolute Gasteiger partial charge is 0.238 e. The van der Waals surface area contributed by atoms with Crippen molar-refractivity contribution in [2.24, 2.45) is 10.4 Å². The van der Waals surface area contributed by atoms with E-state index in [2.05, 4.69) is 49.9 Å². The number of amides is 1. The van der Waals surface area contributed by atoms with Gasteiger partial charge in [0.15, 0.2) is 0 Å². The Kier molecular flexibility index (Phi) is 5.46. The van der Waals surface area contributed by atoms with E-state index in [0.717, 1.165) is 29.8 Å². The van der Waals surface area contributed by atoms with Crippen molar-refractivity contribution >= 4 is 17.3 Å². The van der Waals surface area contributed by atoms with Crippen molar-refractivity contribution < 1.29 is 4.79 Å². The van der Waals surface area contributed by atoms with Crippen molar-refractivity contribution in [1.82, 2.24) is 4.90 Å². The first kappa shape index (κ1) is 20.3. The monoisotopic (exact) mass is 398 g/mol. The summed E-state index contributed by atoms with van der Waals surface area (Å²) in [7, 11) is 0. The predicted molar refractivity (Wildman–Crippen MR) is 124 cm³/mol. The minimum absolute atomic E-state index is 0.157. The highest BCUT2D eigenvalue weighted by molar-refractivity contribution is 6.18. The SMILES string of the molecule is C=CCC12CCN(Cc3ccccc3)C(=O)C(/C=C/C)(CC)C1=Nc1ccccc12. The Morgan fingerprint density at radius 1 is 1.13 bits per heavy atom. The van der Waals surface area contributed by atoms with Crippen molar-refractivity contribution in [1.29, 1.82) is 0 Å². The highest BCUT2D eigenvalue weighted by Gasteiger charge is 2.56. The zero-order chi connectivity index (χ0) is 21.2. The third kappa shape index (κ3) is 3.04. The average molecular weight is 399 g/mol. The summed E-state index contributed by atoms with van der Waals surface area (Å²) in [5, 5.41) is 0. The normalized spacial score (nSPS) is 25.6. The van der Waals surface area contributed by atoms with Crippen molar-refractivity contribution in [2.75, 3.05) is 6.54 Å². The number of nitrogens with zero attached hydrogens (tertiary/aromatic N) is 2. The van der Waals surface area contributed by atoms with E-state index in [0.29, 0.717) is 19.5 Å². The molecule has 2 aliphatic rings. The number of likely N-dealkylation sites (tertiary alicyclic amines) is 1. The first-order valence-electron chi connectivity index (χ1n) is 10.9. The van der Waals surface area contributed by atoms with E-state index in [1.165, 1.54) is 5.56 Å². The van der Waals surface area contributed by atoms with Crippen LogP contribution in [0.2, 0.25) is 0 Å². The van der Waals surface area contributed by atoms with Gasteiger partial charge in [-0.3, -0.25) is 9.79 Å². The summed E-state index contributed by atoms with van der Waals surface area (Å²) >= 11 is 0. The Bertz CT molecular complexity index is 1010. The Morgan fingerprint density at radius 3 is 2.57 bits per heavy atom. The minimum Gasteiger partial charge on any atom is -0.337 e. The van der Waals surface area contributed by atoms with Crippen LogP contribution in [0.1, 0.15) is 44.2 Å². The van der Waals surface area contributed by atoms with Crippen LogP contribution in [0.15, 0.2) is 84.4 Å². The summed E-state index contributed by atoms with van der Waals surface area (Å²) in [6, 6.07) is 18.6. The van der Waals surface area contributed by atoms with Gasteiger partial charge in [-0.15, -0.1) is 6.58 Å². The number of hydrogen-bond donors (Lipinski definition) is 0. The molecule has 30 heavy (non-hydrogen) atoms. The van der Waals surface area contributed by atoms with Crippen LogP contribution in [0.3, 0.4) is 0 Å². The van der Waals surface area contributed by atoms with E-state index in [4.69, 9.17) is 4.99 Å². The molecule has 2 aliphatic heterocycles. The molecule has 2 unspecified atom stereocenters. The summed E-state index contributed by atoms with van der Waals surface area (Å²) < 4.78 is 0. The fourth-order valence-corrected chi connectivity index (χ4v) is 5.30. The summed E-state index contributed by atoms with van der Waals surface area (Å²) in [5.41, 5.74) is 3.37. The second-order valence-electron chi connectivity index (χ2n) is 8.34. The topological polar surface area (TPSA) is 32.7 Å². The van der Waals surface area contributed by atoms with Crippen molar-refractivity contribution in [3.63, 3.8) is 0 Å². The van der Waals surface area contributed by atoms with E-state index in [1.54, 1.807) is 0 Å². The molecule has 0 aliphatic carbocycles. The highest BCUT2D eigenvalue weighted by Crippen LogP contribution is 2.53. The molecule has 0 aromatic heterocycles. The lowest BCUT2D eigenvalue weighted by molar-refractivity contribution is -0.136. The van der Waals surface area contributed by atoms with E-state index in [-0.39, 0.29) is 11.3 Å². The predicted octanol–water partition coefficient (Wildman–Crippen LogP) is 5.99. The molecule has 3 nitrogen and oxygen atoms in total. The van der Waals surface area contributed by atoms with E-state index < -0.39 is 5.41 Å². The Labute approximate surface area is 179 Å². The number of rotatable bonds is 6. The molecule has 2 heterocycles. The number of benzene rings is 2. The van der Waals surface area contributed by atoms with E-state index in [9.17, 15) is 4.79 Å². The van der Waals surface area contributed by atoms with E-state index in [1.807, 2.05) is 48.2 Å². The van der Waals surface area contributed by atoms with Crippen LogP contribution >= 0.6 is 0 Å². The van der Waals surface area contributed by atoms with Gasteiger partial charge in [0.05, 0.1) is 5.69 Å². The molecular formula is C27H30N2O. The maximum Gasteiger partial charge on any atom is 0.238 e. The number of hydrogen-bond acceptors (Lipinski definition) is 2. The van der Waals surface area contributed by atoms with Crippen LogP contribution in [0, 0.1) is 5.41 Å². The molecule has 0 bridgehead atoms. The molecule has 2 atom stereocenters. The molecule has 0 saturated carbocycles. The van der Waals surface area contributed by atoms with Crippen LogP contribution in [0.5, 0.6) is 0 Å². The fraction of sp³-hybridized carbons (Fsp3) is 0.333. The molecule has 0 radical (unpaired) electrons. The minimum atomic E-state index is -0.734. The summed E-state index contributed by atoms with van der Waals surface area (Å²) in [4.78, 5) is 21.3. The van der Waals surface area contributed by atoms with Gasteiger partial charge in [0.25, 0.3) is 0 Å². The van der Waals surface area contributed by atoms with Gasteiger partial charge in [0.1, 0.15) is 5.41 Å². The number of fused-ring (bicyclic) bond motifs is 3. The molecule has 1 amide bonds. The number of carbonyl (C=O) groups excluding carboxylic acids is 1. The van der Waals surface area contributed by atoms with Gasteiger partial charge in [-0.25, -0.2) is 0 Å². The van der Waals surface area contributed by atoms with Gasteiger partial charge in [0.2, 0.25) is 5.91 Å². The highest BCUT2D eigenvalue weighted by atomic mass is 16.2. The third-order valence-corrected chi connectivity index (χ3v) is 6.72. The van der Waals surface area contributed by atoms with Gasteiger partial charge in [0, 0.05) is 24.2 Å². The Balaban J connectivity index is 1.88. The quantitative estimate of drug-likeness (QED) is 0.550. The van der Waals surface area contributed by atoms with Crippen LogP contribution in [0.4, 0.5) is 5.69 Å². The van der Waals surface area contributed by atoms with Gasteiger partial charge in [-0.05, 0) is 43.4 Å². The molecular weight excluding hydrogens is 368 g/mol. The van der Waals surface area contributed by atoms with E-state index >= 15 is 0 Å². The van der Waals surface area contributed by atoms with Crippen LogP contribution in [-0.4, -0.2) is 23.1 Å². The lowest BCUT2D eigenvalue weighted by Gasteiger charge is -2.37. The summed E-state index contributed by atoms with van der Waals surface area (Å²) in [5.74, 6) is 0.157. The Morgan fingerprint density at radius 2 is 1.87 bits per heavy atom. The summed E-state index contributed by atoms with van der Waals surface area (Å²) in [6.07, 6.45) is 8.42. The lowest BCUT2D eigenvalue weighted by atomic mass is 9.63. The van der Waals surface area contributed by atoms with Crippen molar-refractivity contribution in [3.8, 4) is 0 Å². The number of para-hydroxylation sites is 1. The van der Waals surface area contributed by atoms with Gasteiger partial charge >= 0.3 is 0 Å². The molecule has 4 rings (SSSR count). The second kappa shape index (κ2) is 8.06. The largest absolute Gasteiger partial charge is 0.337 e. The Hall–Kier alpha value is -2.94. The van der Waals surface area contributed by atoms with Gasteiger partial charge in [-0.1, -0.05) is 73.7 Å².